The van der Waals surface area contributed by atoms with Gasteiger partial charge in [-0.1, -0.05) is 103 Å². The topological polar surface area (TPSA) is 142 Å². The van der Waals surface area contributed by atoms with Gasteiger partial charge in [-0.3, -0.25) is 0 Å². The molecule has 0 heterocycles. The van der Waals surface area contributed by atoms with Crippen molar-refractivity contribution in [2.45, 2.75) is 5.41 Å². The molecule has 1 radical (unpaired) electrons. The highest BCUT2D eigenvalue weighted by atomic mass is 16.4. The highest BCUT2D eigenvalue weighted by Gasteiger charge is 2.39. The highest BCUT2D eigenvalue weighted by Crippen LogP contribution is 2.44. The Balaban J connectivity index is 2.05. The van der Waals surface area contributed by atoms with Crippen LogP contribution < -0.4 is 21.9 Å². The second-order valence-corrected chi connectivity index (χ2v) is 8.49. The molecule has 0 aromatic heterocycles. The maximum atomic E-state index is 9.62. The van der Waals surface area contributed by atoms with Crippen molar-refractivity contribution in [2.75, 3.05) is 0 Å². The van der Waals surface area contributed by atoms with Gasteiger partial charge in [0.25, 0.3) is 0 Å². The first-order valence-corrected chi connectivity index (χ1v) is 11.2. The molecular formula is C25H23B4O7. The summed E-state index contributed by atoms with van der Waals surface area (Å²) in [5, 5.41) is 67.2. The molecule has 4 aromatic rings. The Morgan fingerprint density at radius 1 is 0.417 bits per heavy atom. The minimum atomic E-state index is -1.64. The molecule has 0 spiro atoms. The summed E-state index contributed by atoms with van der Waals surface area (Å²) in [5.74, 6) is 0. The Hall–Kier alpha value is -3.14. The average Bonchev–Trinajstić information content (AvgIpc) is 2.90. The molecule has 177 valence electrons. The third kappa shape index (κ3) is 4.91. The number of rotatable bonds is 8. The predicted molar refractivity (Wildman–Crippen MR) is 142 cm³/mol. The number of benzene rings is 4. The van der Waals surface area contributed by atoms with Crippen molar-refractivity contribution >= 4 is 50.7 Å². The first-order valence-electron chi connectivity index (χ1n) is 11.2. The molecule has 7 N–H and O–H groups in total. The predicted octanol–water partition coefficient (Wildman–Crippen LogP) is -2.65. The molecule has 0 aliphatic carbocycles. The average molecular weight is 479 g/mol. The summed E-state index contributed by atoms with van der Waals surface area (Å²) < 4.78 is 0. The fourth-order valence-electron chi connectivity index (χ4n) is 4.53. The number of hydrogen-bond acceptors (Lipinski definition) is 7. The van der Waals surface area contributed by atoms with Crippen molar-refractivity contribution in [3.8, 4) is 0 Å². The molecule has 4 aromatic carbocycles. The fraction of sp³-hybridized carbons (Fsp3) is 0.0400. The summed E-state index contributed by atoms with van der Waals surface area (Å²) >= 11 is 0. The van der Waals surface area contributed by atoms with Crippen LogP contribution in [0.25, 0.3) is 0 Å². The van der Waals surface area contributed by atoms with Gasteiger partial charge in [0, 0.05) is 0 Å². The largest absolute Gasteiger partial charge is 0.488 e. The summed E-state index contributed by atoms with van der Waals surface area (Å²) in [6.07, 6.45) is 0. The third-order valence-corrected chi connectivity index (χ3v) is 6.42. The fourth-order valence-corrected chi connectivity index (χ4v) is 4.53. The van der Waals surface area contributed by atoms with E-state index in [1.807, 2.05) is 12.1 Å². The lowest BCUT2D eigenvalue weighted by Gasteiger charge is -2.37. The molecule has 0 fully saturated rings. The van der Waals surface area contributed by atoms with Gasteiger partial charge in [-0.2, -0.15) is 0 Å². The van der Waals surface area contributed by atoms with Gasteiger partial charge >= 0.3 is 28.8 Å². The zero-order valence-corrected chi connectivity index (χ0v) is 19.2. The zero-order chi connectivity index (χ0) is 25.9. The Labute approximate surface area is 210 Å². The van der Waals surface area contributed by atoms with Gasteiger partial charge in [0.15, 0.2) is 0 Å². The van der Waals surface area contributed by atoms with Gasteiger partial charge < -0.3 is 35.2 Å². The van der Waals surface area contributed by atoms with Crippen LogP contribution in [-0.4, -0.2) is 64.0 Å². The molecule has 0 bridgehead atoms. The van der Waals surface area contributed by atoms with E-state index in [4.69, 9.17) is 0 Å². The lowest BCUT2D eigenvalue weighted by molar-refractivity contribution is 0.424. The molecule has 0 aliphatic heterocycles. The summed E-state index contributed by atoms with van der Waals surface area (Å²) in [6, 6.07) is 27.6. The molecule has 0 unspecified atom stereocenters. The molecular weight excluding hydrogens is 456 g/mol. The Morgan fingerprint density at radius 3 is 0.889 bits per heavy atom. The monoisotopic (exact) mass is 479 g/mol. The first-order chi connectivity index (χ1) is 17.3. The quantitative estimate of drug-likeness (QED) is 0.108. The van der Waals surface area contributed by atoms with Crippen LogP contribution in [0, 0.1) is 0 Å². The summed E-state index contributed by atoms with van der Waals surface area (Å²) in [4.78, 5) is 0. The molecule has 7 nitrogen and oxygen atoms in total. The van der Waals surface area contributed by atoms with Crippen LogP contribution in [0.1, 0.15) is 22.3 Å². The van der Waals surface area contributed by atoms with E-state index in [9.17, 15) is 35.2 Å². The van der Waals surface area contributed by atoms with E-state index in [1.165, 1.54) is 0 Å². The second kappa shape index (κ2) is 10.9. The summed E-state index contributed by atoms with van der Waals surface area (Å²) in [6.45, 7) is 0. The van der Waals surface area contributed by atoms with Crippen molar-refractivity contribution in [3.63, 3.8) is 0 Å². The van der Waals surface area contributed by atoms with Crippen LogP contribution in [0.2, 0.25) is 0 Å². The summed E-state index contributed by atoms with van der Waals surface area (Å²) in [5.41, 5.74) is 3.67. The molecule has 4 rings (SSSR count). The SMILES string of the molecule is O[B]c1ccc(C(c2ccc(B(O)O)cc2)(c2ccc(B(O)O)cc2)c2ccc(B(O)O)cc2)cc1. The maximum absolute atomic E-state index is 9.62. The first kappa shape index (κ1) is 25.9. The molecule has 0 saturated heterocycles. The van der Waals surface area contributed by atoms with E-state index in [-0.39, 0.29) is 0 Å². The van der Waals surface area contributed by atoms with Crippen molar-refractivity contribution in [3.05, 3.63) is 119 Å². The van der Waals surface area contributed by atoms with E-state index in [0.717, 1.165) is 29.7 Å². The molecule has 11 heteroatoms. The van der Waals surface area contributed by atoms with Crippen LogP contribution >= 0.6 is 0 Å². The minimum Gasteiger partial charge on any atom is -0.450 e. The third-order valence-electron chi connectivity index (χ3n) is 6.42. The Morgan fingerprint density at radius 2 is 0.667 bits per heavy atom. The van der Waals surface area contributed by atoms with Gasteiger partial charge in [0.1, 0.15) is 0 Å². The van der Waals surface area contributed by atoms with Gasteiger partial charge in [0.05, 0.1) is 5.41 Å². The van der Waals surface area contributed by atoms with Crippen molar-refractivity contribution in [1.29, 1.82) is 0 Å². The van der Waals surface area contributed by atoms with E-state index < -0.39 is 26.8 Å². The van der Waals surface area contributed by atoms with Crippen LogP contribution in [0.15, 0.2) is 97.1 Å². The molecule has 0 aliphatic rings. The van der Waals surface area contributed by atoms with Gasteiger partial charge in [-0.05, 0) is 38.6 Å². The van der Waals surface area contributed by atoms with Gasteiger partial charge in [0.2, 0.25) is 0 Å². The molecule has 0 amide bonds. The normalized spacial score (nSPS) is 11.2. The summed E-state index contributed by atoms with van der Waals surface area (Å²) in [7, 11) is -3.91. The van der Waals surface area contributed by atoms with Crippen LogP contribution in [0.4, 0.5) is 0 Å². The lowest BCUT2D eigenvalue weighted by atomic mass is 9.63. The Kier molecular flexibility index (Phi) is 7.82. The van der Waals surface area contributed by atoms with E-state index in [1.54, 1.807) is 84.9 Å². The highest BCUT2D eigenvalue weighted by molar-refractivity contribution is 6.59. The van der Waals surface area contributed by atoms with Crippen molar-refractivity contribution < 1.29 is 35.2 Å². The van der Waals surface area contributed by atoms with E-state index in [2.05, 4.69) is 0 Å². The minimum absolute atomic E-state index is 0.315. The molecule has 0 saturated carbocycles. The van der Waals surface area contributed by atoms with Crippen LogP contribution in [-0.2, 0) is 5.41 Å². The van der Waals surface area contributed by atoms with E-state index in [0.29, 0.717) is 21.9 Å². The van der Waals surface area contributed by atoms with E-state index >= 15 is 0 Å². The molecule has 0 atom stereocenters. The lowest BCUT2D eigenvalue weighted by Crippen LogP contribution is -2.36. The zero-order valence-electron chi connectivity index (χ0n) is 19.2. The van der Waals surface area contributed by atoms with Crippen LogP contribution in [0.5, 0.6) is 0 Å². The van der Waals surface area contributed by atoms with Gasteiger partial charge in [-0.15, -0.1) is 0 Å². The smallest absolute Gasteiger partial charge is 0.450 e. The number of hydrogen-bond donors (Lipinski definition) is 7. The maximum Gasteiger partial charge on any atom is 0.488 e. The Bertz CT molecular complexity index is 1150. The van der Waals surface area contributed by atoms with Crippen molar-refractivity contribution in [1.82, 2.24) is 0 Å². The molecule has 36 heavy (non-hydrogen) atoms. The van der Waals surface area contributed by atoms with Crippen molar-refractivity contribution in [2.24, 2.45) is 0 Å². The van der Waals surface area contributed by atoms with Gasteiger partial charge in [-0.25, -0.2) is 0 Å². The van der Waals surface area contributed by atoms with Crippen LogP contribution in [0.3, 0.4) is 0 Å². The second-order valence-electron chi connectivity index (χ2n) is 8.49. The standard InChI is InChI=1S/C25H23B4O7/c30-26-21-9-1-17(2-10-21)25(18-3-11-22(12-4-18)27(31)32,19-5-13-23(14-6-19)28(33)34)20-7-15-24(16-8-20)29(35)36/h1-16,30-36H.